The number of hydrogen-bond donors (Lipinski definition) is 0. The Kier molecular flexibility index (Phi) is 3.66. The number of benzene rings is 1. The molecule has 0 radical (unpaired) electrons. The predicted molar refractivity (Wildman–Crippen MR) is 102 cm³/mol. The summed E-state index contributed by atoms with van der Waals surface area (Å²) in [6.45, 7) is 3.39. The first kappa shape index (κ1) is 15.4. The van der Waals surface area contributed by atoms with Crippen molar-refractivity contribution in [1.82, 2.24) is 14.5 Å². The third-order valence-corrected chi connectivity index (χ3v) is 5.45. The molecule has 0 unspecified atom stereocenters. The molecule has 5 rings (SSSR count). The van der Waals surface area contributed by atoms with E-state index in [9.17, 15) is 4.79 Å². The fourth-order valence-electron chi connectivity index (χ4n) is 3.81. The van der Waals surface area contributed by atoms with E-state index in [1.165, 1.54) is 16.8 Å². The molecule has 132 valence electrons. The summed E-state index contributed by atoms with van der Waals surface area (Å²) in [4.78, 5) is 16.7. The third kappa shape index (κ3) is 2.73. The summed E-state index contributed by atoms with van der Waals surface area (Å²) in [5.74, 6) is 0.673. The third-order valence-electron chi connectivity index (χ3n) is 5.45. The molecule has 1 saturated carbocycles. The molecule has 0 atom stereocenters. The van der Waals surface area contributed by atoms with Crippen LogP contribution in [0.25, 0.3) is 16.6 Å². The number of carbonyl (C=O) groups excluding carboxylic acids is 1. The van der Waals surface area contributed by atoms with Crippen LogP contribution >= 0.6 is 0 Å². The minimum atomic E-state index is 0.313. The Balaban J connectivity index is 1.41. The number of rotatable bonds is 3. The van der Waals surface area contributed by atoms with Gasteiger partial charge < -0.3 is 9.80 Å². The zero-order valence-electron chi connectivity index (χ0n) is 14.7. The fourth-order valence-corrected chi connectivity index (χ4v) is 3.81. The number of hydrogen-bond acceptors (Lipinski definition) is 3. The average Bonchev–Trinajstić information content (AvgIpc) is 3.46. The van der Waals surface area contributed by atoms with Crippen LogP contribution in [0.5, 0.6) is 0 Å². The molecule has 3 heterocycles. The minimum Gasteiger partial charge on any atom is -0.366 e. The first-order chi connectivity index (χ1) is 12.8. The molecule has 26 heavy (non-hydrogen) atoms. The lowest BCUT2D eigenvalue weighted by Crippen LogP contribution is -2.49. The predicted octanol–water partition coefficient (Wildman–Crippen LogP) is 3.06. The van der Waals surface area contributed by atoms with Crippen LogP contribution in [-0.4, -0.2) is 46.6 Å². The van der Waals surface area contributed by atoms with Crippen molar-refractivity contribution in [2.45, 2.75) is 12.8 Å². The van der Waals surface area contributed by atoms with E-state index >= 15 is 0 Å². The van der Waals surface area contributed by atoms with Gasteiger partial charge in [-0.15, -0.1) is 0 Å². The van der Waals surface area contributed by atoms with Gasteiger partial charge >= 0.3 is 0 Å². The summed E-state index contributed by atoms with van der Waals surface area (Å²) in [6.07, 6.45) is 6.10. The summed E-state index contributed by atoms with van der Waals surface area (Å²) in [7, 11) is 0. The molecule has 2 fully saturated rings. The largest absolute Gasteiger partial charge is 0.366 e. The fraction of sp³-hybridized carbons (Fsp3) is 0.333. The van der Waals surface area contributed by atoms with Crippen LogP contribution in [0, 0.1) is 5.92 Å². The molecule has 1 aliphatic carbocycles. The highest BCUT2D eigenvalue weighted by molar-refractivity contribution is 5.82. The van der Waals surface area contributed by atoms with Gasteiger partial charge in [0.15, 0.2) is 0 Å². The van der Waals surface area contributed by atoms with Crippen molar-refractivity contribution < 1.29 is 4.79 Å². The molecule has 1 aliphatic heterocycles. The Hall–Kier alpha value is -2.82. The maximum absolute atomic E-state index is 12.3. The maximum Gasteiger partial charge on any atom is 0.225 e. The second-order valence-corrected chi connectivity index (χ2v) is 7.23. The van der Waals surface area contributed by atoms with Crippen molar-refractivity contribution >= 4 is 17.1 Å². The van der Waals surface area contributed by atoms with Gasteiger partial charge in [-0.2, -0.15) is 5.10 Å². The molecule has 0 bridgehead atoms. The van der Waals surface area contributed by atoms with Crippen LogP contribution in [-0.2, 0) is 4.79 Å². The van der Waals surface area contributed by atoms with Gasteiger partial charge in [-0.1, -0.05) is 30.3 Å². The highest BCUT2D eigenvalue weighted by Gasteiger charge is 2.34. The summed E-state index contributed by atoms with van der Waals surface area (Å²) >= 11 is 0. The molecule has 0 spiro atoms. The molecule has 0 N–H and O–H groups in total. The Labute approximate surface area is 152 Å². The first-order valence-electron chi connectivity index (χ1n) is 9.36. The lowest BCUT2D eigenvalue weighted by molar-refractivity contribution is -0.132. The molecular formula is C21H22N4O. The number of fused-ring (bicyclic) bond motifs is 1. The van der Waals surface area contributed by atoms with Gasteiger partial charge in [0.05, 0.1) is 11.2 Å². The molecule has 5 nitrogen and oxygen atoms in total. The molecule has 1 saturated heterocycles. The van der Waals surface area contributed by atoms with Gasteiger partial charge in [-0.25, -0.2) is 4.52 Å². The van der Waals surface area contributed by atoms with Crippen LogP contribution in [0.2, 0.25) is 0 Å². The van der Waals surface area contributed by atoms with E-state index in [0.29, 0.717) is 11.8 Å². The van der Waals surface area contributed by atoms with E-state index in [2.05, 4.69) is 52.6 Å². The number of nitrogens with zero attached hydrogens (tertiary/aromatic N) is 4. The molecular weight excluding hydrogens is 324 g/mol. The van der Waals surface area contributed by atoms with E-state index in [1.54, 1.807) is 0 Å². The lowest BCUT2D eigenvalue weighted by Gasteiger charge is -2.36. The number of piperazine rings is 1. The van der Waals surface area contributed by atoms with Gasteiger partial charge in [0.1, 0.15) is 0 Å². The quantitative estimate of drug-likeness (QED) is 0.732. The lowest BCUT2D eigenvalue weighted by atomic mass is 10.1. The second-order valence-electron chi connectivity index (χ2n) is 7.23. The van der Waals surface area contributed by atoms with Gasteiger partial charge in [0, 0.05) is 50.1 Å². The van der Waals surface area contributed by atoms with Crippen molar-refractivity contribution in [3.8, 4) is 11.1 Å². The van der Waals surface area contributed by atoms with Crippen LogP contribution in [0.3, 0.4) is 0 Å². The zero-order valence-corrected chi connectivity index (χ0v) is 14.7. The van der Waals surface area contributed by atoms with E-state index in [1.807, 2.05) is 21.7 Å². The normalized spacial score (nSPS) is 17.7. The van der Waals surface area contributed by atoms with Gasteiger partial charge in [0.25, 0.3) is 0 Å². The summed E-state index contributed by atoms with van der Waals surface area (Å²) in [5.41, 5.74) is 4.69. The summed E-state index contributed by atoms with van der Waals surface area (Å²) in [5, 5.41) is 4.48. The molecule has 1 amide bonds. The van der Waals surface area contributed by atoms with E-state index in [0.717, 1.165) is 44.5 Å². The number of amides is 1. The Bertz CT molecular complexity index is 937. The molecule has 2 aromatic heterocycles. The smallest absolute Gasteiger partial charge is 0.225 e. The topological polar surface area (TPSA) is 40.9 Å². The first-order valence-corrected chi connectivity index (χ1v) is 9.36. The minimum absolute atomic E-state index is 0.313. The maximum atomic E-state index is 12.3. The van der Waals surface area contributed by atoms with Crippen molar-refractivity contribution in [2.24, 2.45) is 5.92 Å². The van der Waals surface area contributed by atoms with Crippen LogP contribution < -0.4 is 4.90 Å². The van der Waals surface area contributed by atoms with Crippen molar-refractivity contribution in [3.63, 3.8) is 0 Å². The van der Waals surface area contributed by atoms with Crippen molar-refractivity contribution in [1.29, 1.82) is 0 Å². The average molecular weight is 346 g/mol. The monoisotopic (exact) mass is 346 g/mol. The standard InChI is InChI=1S/C21H22N4O/c26-21(17-6-7-17)24-12-10-23(11-13-24)19-8-9-22-25-15-18(14-20(19)25)16-4-2-1-3-5-16/h1-5,8-9,14-15,17H,6-7,10-13H2. The zero-order chi connectivity index (χ0) is 17.5. The Morgan fingerprint density at radius 1 is 0.962 bits per heavy atom. The molecule has 1 aromatic carbocycles. The number of aromatic nitrogens is 2. The van der Waals surface area contributed by atoms with E-state index in [-0.39, 0.29) is 0 Å². The second kappa shape index (κ2) is 6.16. The highest BCUT2D eigenvalue weighted by atomic mass is 16.2. The van der Waals surface area contributed by atoms with Crippen molar-refractivity contribution in [3.05, 3.63) is 54.9 Å². The number of anilines is 1. The highest BCUT2D eigenvalue weighted by Crippen LogP contribution is 2.32. The molecule has 3 aromatic rings. The Morgan fingerprint density at radius 3 is 2.46 bits per heavy atom. The van der Waals surface area contributed by atoms with Crippen molar-refractivity contribution in [2.75, 3.05) is 31.1 Å². The van der Waals surface area contributed by atoms with Crippen LogP contribution in [0.15, 0.2) is 54.9 Å². The van der Waals surface area contributed by atoms with Crippen LogP contribution in [0.4, 0.5) is 5.69 Å². The van der Waals surface area contributed by atoms with Gasteiger partial charge in [-0.3, -0.25) is 4.79 Å². The van der Waals surface area contributed by atoms with E-state index in [4.69, 9.17) is 0 Å². The number of carbonyl (C=O) groups is 1. The summed E-state index contributed by atoms with van der Waals surface area (Å²) in [6, 6.07) is 14.7. The van der Waals surface area contributed by atoms with Crippen LogP contribution in [0.1, 0.15) is 12.8 Å². The van der Waals surface area contributed by atoms with Gasteiger partial charge in [0.2, 0.25) is 5.91 Å². The SMILES string of the molecule is O=C(C1CC1)N1CCN(c2ccnn3cc(-c4ccccc4)cc23)CC1. The van der Waals surface area contributed by atoms with Gasteiger partial charge in [-0.05, 0) is 30.5 Å². The molecule has 2 aliphatic rings. The summed E-state index contributed by atoms with van der Waals surface area (Å²) < 4.78 is 1.96. The van der Waals surface area contributed by atoms with E-state index < -0.39 is 0 Å². The Morgan fingerprint density at radius 2 is 1.73 bits per heavy atom. The molecule has 5 heteroatoms.